The van der Waals surface area contributed by atoms with Crippen LogP contribution in [0.15, 0.2) is 30.3 Å². The second-order valence-corrected chi connectivity index (χ2v) is 10.7. The van der Waals surface area contributed by atoms with Gasteiger partial charge < -0.3 is 4.74 Å². The number of rotatable bonds is 13. The van der Waals surface area contributed by atoms with Crippen molar-refractivity contribution >= 4 is 17.3 Å². The summed E-state index contributed by atoms with van der Waals surface area (Å²) in [4.78, 5) is 16.8. The van der Waals surface area contributed by atoms with Gasteiger partial charge in [0.25, 0.3) is 0 Å². The molecule has 3 nitrogen and oxygen atoms in total. The van der Waals surface area contributed by atoms with Gasteiger partial charge in [0, 0.05) is 16.9 Å². The molecule has 45 heavy (non-hydrogen) atoms. The summed E-state index contributed by atoms with van der Waals surface area (Å²) in [5, 5.41) is 0.274. The van der Waals surface area contributed by atoms with E-state index in [1.54, 1.807) is 44.2 Å². The number of aromatic nitrogens is 1. The highest BCUT2D eigenvalue weighted by molar-refractivity contribution is 7.15. The van der Waals surface area contributed by atoms with Crippen molar-refractivity contribution in [3.05, 3.63) is 40.9 Å². The van der Waals surface area contributed by atoms with Gasteiger partial charge in [-0.25, -0.2) is 9.78 Å². The van der Waals surface area contributed by atoms with Gasteiger partial charge in [0.1, 0.15) is 5.01 Å². The van der Waals surface area contributed by atoms with E-state index in [0.717, 1.165) is 11.3 Å². The number of ether oxygens (including phenoxy) is 1. The minimum absolute atomic E-state index is 0.274. The molecule has 256 valence electrons. The molecule has 0 saturated carbocycles. The van der Waals surface area contributed by atoms with E-state index in [-0.39, 0.29) is 15.6 Å². The Bertz CT molecular complexity index is 1340. The summed E-state index contributed by atoms with van der Waals surface area (Å²) in [6, 6.07) is 8.07. The molecule has 0 saturated heterocycles. The predicted octanol–water partition coefficient (Wildman–Crippen LogP) is 9.88. The van der Waals surface area contributed by atoms with Crippen molar-refractivity contribution in [2.75, 3.05) is 6.61 Å². The summed E-state index contributed by atoms with van der Waals surface area (Å²) in [5.74, 6) is -58.5. The molecule has 0 atom stereocenters. The van der Waals surface area contributed by atoms with Crippen LogP contribution < -0.4 is 0 Å². The Morgan fingerprint density at radius 2 is 1.16 bits per heavy atom. The van der Waals surface area contributed by atoms with Gasteiger partial charge in [0.2, 0.25) is 0 Å². The Hall–Kier alpha value is -2.87. The summed E-state index contributed by atoms with van der Waals surface area (Å²) >= 11 is 0.998. The standard InChI is InChI=1S/C24H18F17NO2S/c1-11(2)14-13(42-15(45-14)12-7-4-3-5-8-12)16(43)44-10-6-9-17(25,26)18(27,28)19(29,30)20(31,32)21(33,34)22(35,36)23(37,38)24(39,40)41/h3-5,7-8,11H,6,9-10H2,1-2H3. The van der Waals surface area contributed by atoms with Gasteiger partial charge in [-0.1, -0.05) is 44.2 Å². The lowest BCUT2D eigenvalue weighted by Gasteiger charge is -2.42. The first-order chi connectivity index (χ1) is 20.0. The fourth-order valence-corrected chi connectivity index (χ4v) is 4.51. The molecular weight excluding hydrogens is 689 g/mol. The fourth-order valence-electron chi connectivity index (χ4n) is 3.45. The SMILES string of the molecule is CC(C)c1sc(-c2ccccc2)nc1C(=O)OCCCC(F)(F)C(F)(F)C(F)(F)C(F)(F)C(F)(F)C(F)(F)C(F)(F)C(F)(F)F. The van der Waals surface area contributed by atoms with E-state index in [1.807, 2.05) is 0 Å². The van der Waals surface area contributed by atoms with Crippen molar-refractivity contribution < 1.29 is 84.2 Å². The van der Waals surface area contributed by atoms with Gasteiger partial charge in [-0.05, 0) is 12.3 Å². The molecule has 0 bridgehead atoms. The molecule has 0 spiro atoms. The van der Waals surface area contributed by atoms with Crippen molar-refractivity contribution in [1.29, 1.82) is 0 Å². The number of hydrogen-bond donors (Lipinski definition) is 0. The third-order valence-electron chi connectivity index (χ3n) is 6.05. The number of nitrogens with zero attached hydrogens (tertiary/aromatic N) is 1. The average Bonchev–Trinajstić information content (AvgIpc) is 3.36. The maximum atomic E-state index is 14.1. The van der Waals surface area contributed by atoms with Gasteiger partial charge in [-0.15, -0.1) is 11.3 Å². The third-order valence-corrected chi connectivity index (χ3v) is 7.45. The van der Waals surface area contributed by atoms with Gasteiger partial charge in [-0.2, -0.15) is 74.6 Å². The van der Waals surface area contributed by atoms with Crippen LogP contribution in [0.1, 0.15) is 48.0 Å². The number of esters is 1. The Labute approximate surface area is 245 Å². The van der Waals surface area contributed by atoms with Gasteiger partial charge in [0.05, 0.1) is 6.61 Å². The summed E-state index contributed by atoms with van der Waals surface area (Å²) in [6.07, 6.45) is -12.1. The van der Waals surface area contributed by atoms with Crippen LogP contribution in [0.5, 0.6) is 0 Å². The number of halogens is 17. The van der Waals surface area contributed by atoms with Crippen LogP contribution in [0.3, 0.4) is 0 Å². The second-order valence-electron chi connectivity index (χ2n) is 9.64. The first-order valence-corrected chi connectivity index (χ1v) is 12.8. The third kappa shape index (κ3) is 6.28. The van der Waals surface area contributed by atoms with E-state index in [1.165, 1.54) is 0 Å². The van der Waals surface area contributed by atoms with E-state index in [4.69, 9.17) is 0 Å². The summed E-state index contributed by atoms with van der Waals surface area (Å²) < 4.78 is 232. The monoisotopic (exact) mass is 707 g/mol. The maximum absolute atomic E-state index is 14.1. The highest BCUT2D eigenvalue weighted by Gasteiger charge is 2.95. The average molecular weight is 707 g/mol. The quantitative estimate of drug-likeness (QED) is 0.118. The van der Waals surface area contributed by atoms with E-state index >= 15 is 0 Å². The summed E-state index contributed by atoms with van der Waals surface area (Å²) in [6.45, 7) is 1.86. The molecule has 2 rings (SSSR count). The lowest BCUT2D eigenvalue weighted by molar-refractivity contribution is -0.461. The van der Waals surface area contributed by atoms with Crippen LogP contribution in [-0.4, -0.2) is 65.2 Å². The Balaban J connectivity index is 2.25. The number of thiazole rings is 1. The molecule has 0 fully saturated rings. The van der Waals surface area contributed by atoms with Gasteiger partial charge in [0.15, 0.2) is 5.69 Å². The predicted molar refractivity (Wildman–Crippen MR) is 122 cm³/mol. The number of benzene rings is 1. The van der Waals surface area contributed by atoms with Crippen LogP contribution >= 0.6 is 11.3 Å². The van der Waals surface area contributed by atoms with Crippen molar-refractivity contribution in [3.63, 3.8) is 0 Å². The molecule has 0 aliphatic heterocycles. The molecule has 0 unspecified atom stereocenters. The Morgan fingerprint density at radius 1 is 0.711 bits per heavy atom. The van der Waals surface area contributed by atoms with Crippen molar-refractivity contribution in [3.8, 4) is 10.6 Å². The zero-order chi connectivity index (χ0) is 35.2. The van der Waals surface area contributed by atoms with Crippen LogP contribution in [0.4, 0.5) is 74.6 Å². The summed E-state index contributed by atoms with van der Waals surface area (Å²) in [7, 11) is 0. The van der Waals surface area contributed by atoms with E-state index in [0.29, 0.717) is 5.56 Å². The lowest BCUT2D eigenvalue weighted by atomic mass is 9.88. The molecule has 1 heterocycles. The van der Waals surface area contributed by atoms with Gasteiger partial charge >= 0.3 is 53.6 Å². The minimum atomic E-state index is -8.68. The second kappa shape index (κ2) is 12.1. The molecule has 0 aliphatic carbocycles. The largest absolute Gasteiger partial charge is 0.461 e. The Kier molecular flexibility index (Phi) is 10.3. The number of alkyl halides is 17. The van der Waals surface area contributed by atoms with Crippen LogP contribution in [0.25, 0.3) is 10.6 Å². The lowest BCUT2D eigenvalue weighted by Crippen LogP contribution is -2.74. The van der Waals surface area contributed by atoms with Crippen molar-refractivity contribution in [2.45, 2.75) is 80.2 Å². The van der Waals surface area contributed by atoms with E-state index in [9.17, 15) is 79.4 Å². The zero-order valence-corrected chi connectivity index (χ0v) is 23.0. The molecule has 0 N–H and O–H groups in total. The minimum Gasteiger partial charge on any atom is -0.461 e. The molecule has 1 aromatic carbocycles. The van der Waals surface area contributed by atoms with Gasteiger partial charge in [-0.3, -0.25) is 0 Å². The van der Waals surface area contributed by atoms with Crippen molar-refractivity contribution in [2.24, 2.45) is 0 Å². The van der Waals surface area contributed by atoms with Crippen molar-refractivity contribution in [1.82, 2.24) is 4.98 Å². The van der Waals surface area contributed by atoms with E-state index in [2.05, 4.69) is 9.72 Å². The molecule has 0 aliphatic rings. The molecule has 21 heteroatoms. The first kappa shape index (κ1) is 38.3. The van der Waals surface area contributed by atoms with Crippen LogP contribution in [0, 0.1) is 0 Å². The normalized spacial score (nSPS) is 14.7. The molecule has 0 amide bonds. The van der Waals surface area contributed by atoms with E-state index < -0.39 is 79.0 Å². The molecule has 0 radical (unpaired) electrons. The summed E-state index contributed by atoms with van der Waals surface area (Å²) in [5.41, 5.74) is 0.143. The molecular formula is C24H18F17NO2S. The molecule has 1 aromatic heterocycles. The highest BCUT2D eigenvalue weighted by atomic mass is 32.1. The topological polar surface area (TPSA) is 39.2 Å². The first-order valence-electron chi connectivity index (χ1n) is 12.0. The van der Waals surface area contributed by atoms with Crippen LogP contribution in [0.2, 0.25) is 0 Å². The molecule has 2 aromatic rings. The maximum Gasteiger partial charge on any atom is 0.460 e. The fraction of sp³-hybridized carbons (Fsp3) is 0.583. The number of hydrogen-bond acceptors (Lipinski definition) is 4. The number of carbonyl (C=O) groups excluding carboxylic acids is 1. The number of carbonyl (C=O) groups is 1. The highest BCUT2D eigenvalue weighted by Crippen LogP contribution is 2.64. The smallest absolute Gasteiger partial charge is 0.460 e. The zero-order valence-electron chi connectivity index (χ0n) is 22.2. The Morgan fingerprint density at radius 3 is 1.60 bits per heavy atom. The van der Waals surface area contributed by atoms with Crippen LogP contribution in [-0.2, 0) is 4.74 Å².